The number of carbonyl (C=O) groups excluding carboxylic acids is 3. The zero-order chi connectivity index (χ0) is 17.6. The number of hydrogen-bond donors (Lipinski definition) is 1. The van der Waals surface area contributed by atoms with Crippen molar-refractivity contribution in [1.29, 1.82) is 0 Å². The van der Waals surface area contributed by atoms with E-state index in [-0.39, 0.29) is 23.6 Å². The maximum Gasteiger partial charge on any atom is 0.282 e. The van der Waals surface area contributed by atoms with Crippen LogP contribution in [0.25, 0.3) is 0 Å². The lowest BCUT2D eigenvalue weighted by Crippen LogP contribution is -2.37. The minimum atomic E-state index is -0.177. The SMILES string of the molecule is O=C(CN1CCSC1=O)NCc1cccc(C(=O)N2CCCCC2)c1. The number of benzene rings is 1. The molecular formula is C18H23N3O3S. The van der Waals surface area contributed by atoms with E-state index in [1.54, 1.807) is 4.90 Å². The van der Waals surface area contributed by atoms with E-state index in [4.69, 9.17) is 0 Å². The summed E-state index contributed by atoms with van der Waals surface area (Å²) in [4.78, 5) is 39.5. The van der Waals surface area contributed by atoms with Gasteiger partial charge < -0.3 is 15.1 Å². The van der Waals surface area contributed by atoms with Crippen LogP contribution >= 0.6 is 11.8 Å². The van der Waals surface area contributed by atoms with Crippen molar-refractivity contribution in [1.82, 2.24) is 15.1 Å². The van der Waals surface area contributed by atoms with Crippen LogP contribution in [0.1, 0.15) is 35.2 Å². The summed E-state index contributed by atoms with van der Waals surface area (Å²) >= 11 is 1.25. The van der Waals surface area contributed by atoms with Gasteiger partial charge in [0.25, 0.3) is 11.1 Å². The predicted molar refractivity (Wildman–Crippen MR) is 97.5 cm³/mol. The average molecular weight is 361 g/mol. The standard InChI is InChI=1S/C18H23N3O3S/c22-16(13-21-9-10-25-18(21)24)19-12-14-5-4-6-15(11-14)17(23)20-7-2-1-3-8-20/h4-6,11H,1-3,7-10,12-13H2,(H,19,22). The molecule has 3 rings (SSSR count). The Kier molecular flexibility index (Phi) is 5.96. The highest BCUT2D eigenvalue weighted by atomic mass is 32.2. The van der Waals surface area contributed by atoms with Gasteiger partial charge in [-0.1, -0.05) is 23.9 Å². The van der Waals surface area contributed by atoms with E-state index in [1.165, 1.54) is 18.2 Å². The van der Waals surface area contributed by atoms with Crippen molar-refractivity contribution in [3.05, 3.63) is 35.4 Å². The largest absolute Gasteiger partial charge is 0.350 e. The number of thioether (sulfide) groups is 1. The Morgan fingerprint density at radius 2 is 1.92 bits per heavy atom. The van der Waals surface area contributed by atoms with Crippen LogP contribution in [0.2, 0.25) is 0 Å². The normalized spacial score (nSPS) is 17.7. The molecule has 2 aliphatic rings. The van der Waals surface area contributed by atoms with Crippen LogP contribution in [0.3, 0.4) is 0 Å². The molecule has 0 unspecified atom stereocenters. The first-order valence-corrected chi connectivity index (χ1v) is 9.68. The molecule has 25 heavy (non-hydrogen) atoms. The summed E-state index contributed by atoms with van der Waals surface area (Å²) in [6.45, 7) is 2.72. The van der Waals surface area contributed by atoms with Gasteiger partial charge in [-0.25, -0.2) is 0 Å². The van der Waals surface area contributed by atoms with Gasteiger partial charge >= 0.3 is 0 Å². The number of likely N-dealkylation sites (tertiary alicyclic amines) is 1. The van der Waals surface area contributed by atoms with E-state index in [2.05, 4.69) is 5.32 Å². The molecule has 0 spiro atoms. The van der Waals surface area contributed by atoms with Gasteiger partial charge in [0.2, 0.25) is 5.91 Å². The summed E-state index contributed by atoms with van der Waals surface area (Å²) in [7, 11) is 0. The molecule has 1 aromatic rings. The molecule has 0 bridgehead atoms. The molecule has 1 N–H and O–H groups in total. The summed E-state index contributed by atoms with van der Waals surface area (Å²) in [5.41, 5.74) is 1.55. The average Bonchev–Trinajstić information content (AvgIpc) is 3.05. The Morgan fingerprint density at radius 3 is 2.64 bits per heavy atom. The van der Waals surface area contributed by atoms with Crippen molar-refractivity contribution < 1.29 is 14.4 Å². The van der Waals surface area contributed by atoms with Crippen molar-refractivity contribution in [2.24, 2.45) is 0 Å². The van der Waals surface area contributed by atoms with E-state index in [0.29, 0.717) is 18.7 Å². The van der Waals surface area contributed by atoms with Gasteiger partial charge in [-0.15, -0.1) is 0 Å². The Morgan fingerprint density at radius 1 is 1.12 bits per heavy atom. The number of hydrogen-bond acceptors (Lipinski definition) is 4. The van der Waals surface area contributed by atoms with Crippen LogP contribution in [0.5, 0.6) is 0 Å². The van der Waals surface area contributed by atoms with Gasteiger partial charge in [-0.2, -0.15) is 0 Å². The summed E-state index contributed by atoms with van der Waals surface area (Å²) < 4.78 is 0. The fourth-order valence-electron chi connectivity index (χ4n) is 3.09. The molecular weight excluding hydrogens is 338 g/mol. The zero-order valence-electron chi connectivity index (χ0n) is 14.2. The highest BCUT2D eigenvalue weighted by Crippen LogP contribution is 2.17. The van der Waals surface area contributed by atoms with Gasteiger partial charge in [-0.05, 0) is 37.0 Å². The first kappa shape index (κ1) is 17.8. The Hall–Kier alpha value is -2.02. The maximum absolute atomic E-state index is 12.5. The third kappa shape index (κ3) is 4.75. The lowest BCUT2D eigenvalue weighted by atomic mass is 10.1. The monoisotopic (exact) mass is 361 g/mol. The van der Waals surface area contributed by atoms with Crippen LogP contribution in [-0.4, -0.2) is 58.8 Å². The molecule has 3 amide bonds. The third-order valence-corrected chi connectivity index (χ3v) is 5.38. The number of rotatable bonds is 5. The van der Waals surface area contributed by atoms with Crippen LogP contribution in [-0.2, 0) is 11.3 Å². The number of amides is 3. The minimum Gasteiger partial charge on any atom is -0.350 e. The van der Waals surface area contributed by atoms with Crippen molar-refractivity contribution >= 4 is 28.8 Å². The first-order valence-electron chi connectivity index (χ1n) is 8.70. The Bertz CT molecular complexity index is 659. The number of nitrogens with zero attached hydrogens (tertiary/aromatic N) is 2. The Balaban J connectivity index is 1.53. The van der Waals surface area contributed by atoms with E-state index < -0.39 is 0 Å². The van der Waals surface area contributed by atoms with E-state index in [1.807, 2.05) is 29.2 Å². The highest BCUT2D eigenvalue weighted by molar-refractivity contribution is 8.13. The molecule has 0 atom stereocenters. The number of nitrogens with one attached hydrogen (secondary N) is 1. The molecule has 0 saturated carbocycles. The molecule has 0 aromatic heterocycles. The lowest BCUT2D eigenvalue weighted by Gasteiger charge is -2.26. The zero-order valence-corrected chi connectivity index (χ0v) is 15.0. The smallest absolute Gasteiger partial charge is 0.282 e. The number of carbonyl (C=O) groups is 3. The molecule has 2 saturated heterocycles. The highest BCUT2D eigenvalue weighted by Gasteiger charge is 2.23. The fourth-order valence-corrected chi connectivity index (χ4v) is 3.92. The first-order chi connectivity index (χ1) is 12.1. The van der Waals surface area contributed by atoms with Gasteiger partial charge in [0.1, 0.15) is 6.54 Å². The molecule has 7 heteroatoms. The summed E-state index contributed by atoms with van der Waals surface area (Å²) in [5, 5.41) is 2.79. The molecule has 2 fully saturated rings. The van der Waals surface area contributed by atoms with Gasteiger partial charge in [-0.3, -0.25) is 14.4 Å². The Labute approximate surface area is 151 Å². The minimum absolute atomic E-state index is 0.0377. The molecule has 0 aliphatic carbocycles. The van der Waals surface area contributed by atoms with Gasteiger partial charge in [0.05, 0.1) is 0 Å². The quantitative estimate of drug-likeness (QED) is 0.872. The summed E-state index contributed by atoms with van der Waals surface area (Å²) in [5.74, 6) is 0.628. The van der Waals surface area contributed by atoms with Crippen LogP contribution in [0.15, 0.2) is 24.3 Å². The van der Waals surface area contributed by atoms with Crippen molar-refractivity contribution in [3.63, 3.8) is 0 Å². The maximum atomic E-state index is 12.5. The molecule has 0 radical (unpaired) electrons. The second-order valence-electron chi connectivity index (χ2n) is 6.37. The second kappa shape index (κ2) is 8.38. The topological polar surface area (TPSA) is 69.7 Å². The van der Waals surface area contributed by atoms with Crippen LogP contribution in [0, 0.1) is 0 Å². The predicted octanol–water partition coefficient (Wildman–Crippen LogP) is 2.10. The lowest BCUT2D eigenvalue weighted by molar-refractivity contribution is -0.121. The van der Waals surface area contributed by atoms with E-state index in [0.717, 1.165) is 37.2 Å². The molecule has 6 nitrogen and oxygen atoms in total. The number of piperidine rings is 1. The molecule has 2 aliphatic heterocycles. The van der Waals surface area contributed by atoms with Crippen molar-refractivity contribution in [2.75, 3.05) is 31.9 Å². The third-order valence-electron chi connectivity index (χ3n) is 4.49. The summed E-state index contributed by atoms with van der Waals surface area (Å²) in [6.07, 6.45) is 3.32. The molecule has 2 heterocycles. The second-order valence-corrected chi connectivity index (χ2v) is 7.41. The van der Waals surface area contributed by atoms with Gasteiger partial charge in [0.15, 0.2) is 0 Å². The summed E-state index contributed by atoms with van der Waals surface area (Å²) in [6, 6.07) is 7.40. The van der Waals surface area contributed by atoms with Gasteiger partial charge in [0, 0.05) is 37.5 Å². The van der Waals surface area contributed by atoms with Crippen molar-refractivity contribution in [2.45, 2.75) is 25.8 Å². The van der Waals surface area contributed by atoms with E-state index in [9.17, 15) is 14.4 Å². The van der Waals surface area contributed by atoms with Crippen LogP contribution < -0.4 is 5.32 Å². The van der Waals surface area contributed by atoms with Crippen molar-refractivity contribution in [3.8, 4) is 0 Å². The van der Waals surface area contributed by atoms with Crippen LogP contribution in [0.4, 0.5) is 4.79 Å². The van der Waals surface area contributed by atoms with E-state index >= 15 is 0 Å². The molecule has 134 valence electrons. The molecule has 1 aromatic carbocycles. The fraction of sp³-hybridized carbons (Fsp3) is 0.500.